The van der Waals surface area contributed by atoms with E-state index in [0.717, 1.165) is 28.9 Å². The van der Waals surface area contributed by atoms with Crippen molar-refractivity contribution in [3.63, 3.8) is 0 Å². The van der Waals surface area contributed by atoms with Crippen LogP contribution in [-0.4, -0.2) is 25.0 Å². The van der Waals surface area contributed by atoms with Crippen molar-refractivity contribution in [1.29, 1.82) is 0 Å². The molecule has 1 aliphatic heterocycles. The molecule has 2 aromatic rings. The van der Waals surface area contributed by atoms with E-state index in [4.69, 9.17) is 4.74 Å². The van der Waals surface area contributed by atoms with Crippen LogP contribution in [0.15, 0.2) is 42.5 Å². The summed E-state index contributed by atoms with van der Waals surface area (Å²) in [4.78, 5) is 26.6. The number of carbonyl (C=O) groups is 2. The molecule has 0 atom stereocenters. The molecule has 3 rings (SSSR count). The minimum absolute atomic E-state index is 0.0468. The first-order chi connectivity index (χ1) is 12.7. The number of anilines is 2. The number of nitrogens with one attached hydrogen (secondary N) is 1. The number of aryl methyl sites for hydroxylation is 1. The Bertz CT molecular complexity index is 851. The number of carbonyl (C=O) groups excluding carboxylic acids is 2. The van der Waals surface area contributed by atoms with Gasteiger partial charge in [-0.1, -0.05) is 38.5 Å². The minimum Gasteiger partial charge on any atom is -0.484 e. The molecule has 1 aliphatic rings. The molecule has 5 heteroatoms. The summed E-state index contributed by atoms with van der Waals surface area (Å²) in [6.07, 6.45) is 0.792. The Morgan fingerprint density at radius 3 is 2.48 bits per heavy atom. The Hall–Kier alpha value is -2.82. The first-order valence-electron chi connectivity index (χ1n) is 9.18. The van der Waals surface area contributed by atoms with Crippen LogP contribution in [0.1, 0.15) is 31.9 Å². The van der Waals surface area contributed by atoms with Gasteiger partial charge in [0.05, 0.1) is 0 Å². The lowest BCUT2D eigenvalue weighted by atomic mass is 9.94. The van der Waals surface area contributed by atoms with Crippen molar-refractivity contribution >= 4 is 23.2 Å². The largest absolute Gasteiger partial charge is 0.484 e. The first kappa shape index (κ1) is 19.0. The molecule has 0 spiro atoms. The summed E-state index contributed by atoms with van der Waals surface area (Å²) in [6.45, 7) is 8.41. The van der Waals surface area contributed by atoms with Gasteiger partial charge in [0.25, 0.3) is 5.91 Å². The van der Waals surface area contributed by atoms with Gasteiger partial charge in [-0.25, -0.2) is 0 Å². The van der Waals surface area contributed by atoms with E-state index in [1.165, 1.54) is 0 Å². The molecular formula is C22H26N2O3. The van der Waals surface area contributed by atoms with E-state index in [1.807, 2.05) is 75.1 Å². The van der Waals surface area contributed by atoms with Gasteiger partial charge in [0.15, 0.2) is 6.61 Å². The van der Waals surface area contributed by atoms with E-state index in [1.54, 1.807) is 0 Å². The summed E-state index contributed by atoms with van der Waals surface area (Å²) in [5, 5.41) is 2.86. The fraction of sp³-hybridized carbons (Fsp3) is 0.364. The van der Waals surface area contributed by atoms with Crippen molar-refractivity contribution in [3.05, 3.63) is 53.6 Å². The molecule has 0 saturated heterocycles. The average molecular weight is 366 g/mol. The van der Waals surface area contributed by atoms with Crippen molar-refractivity contribution in [2.75, 3.05) is 23.4 Å². The summed E-state index contributed by atoms with van der Waals surface area (Å²) in [7, 11) is 0. The van der Waals surface area contributed by atoms with Crippen LogP contribution in [0.3, 0.4) is 0 Å². The predicted molar refractivity (Wildman–Crippen MR) is 107 cm³/mol. The highest BCUT2D eigenvalue weighted by atomic mass is 16.5. The summed E-state index contributed by atoms with van der Waals surface area (Å²) >= 11 is 0. The molecular weight excluding hydrogens is 340 g/mol. The number of hydrogen-bond donors (Lipinski definition) is 1. The van der Waals surface area contributed by atoms with Crippen LogP contribution in [0.2, 0.25) is 0 Å². The number of rotatable bonds is 4. The SMILES string of the molecule is Cc1ccc(OCC(=O)Nc2ccc3c(c2)CCN3C(=O)C(C)(C)C)cc1. The lowest BCUT2D eigenvalue weighted by Crippen LogP contribution is -2.38. The zero-order valence-electron chi connectivity index (χ0n) is 16.3. The van der Waals surface area contributed by atoms with Gasteiger partial charge in [-0.2, -0.15) is 0 Å². The maximum Gasteiger partial charge on any atom is 0.262 e. The molecule has 2 aromatic carbocycles. The van der Waals surface area contributed by atoms with Gasteiger partial charge in [0, 0.05) is 23.3 Å². The number of hydrogen-bond acceptors (Lipinski definition) is 3. The van der Waals surface area contributed by atoms with E-state index in [-0.39, 0.29) is 18.4 Å². The third-order valence-electron chi connectivity index (χ3n) is 4.54. The van der Waals surface area contributed by atoms with Crippen LogP contribution < -0.4 is 15.0 Å². The molecule has 27 heavy (non-hydrogen) atoms. The summed E-state index contributed by atoms with van der Waals surface area (Å²) in [5.41, 5.74) is 3.45. The molecule has 0 aliphatic carbocycles. The highest BCUT2D eigenvalue weighted by Gasteiger charge is 2.32. The molecule has 5 nitrogen and oxygen atoms in total. The fourth-order valence-electron chi connectivity index (χ4n) is 3.08. The van der Waals surface area contributed by atoms with E-state index >= 15 is 0 Å². The number of nitrogens with zero attached hydrogens (tertiary/aromatic N) is 1. The second kappa shape index (κ2) is 7.43. The fourth-order valence-corrected chi connectivity index (χ4v) is 3.08. The van der Waals surface area contributed by atoms with Crippen molar-refractivity contribution in [2.24, 2.45) is 5.41 Å². The monoisotopic (exact) mass is 366 g/mol. The van der Waals surface area contributed by atoms with Crippen molar-refractivity contribution in [2.45, 2.75) is 34.1 Å². The topological polar surface area (TPSA) is 58.6 Å². The Morgan fingerprint density at radius 2 is 1.81 bits per heavy atom. The molecule has 142 valence electrons. The van der Waals surface area contributed by atoms with E-state index < -0.39 is 5.41 Å². The van der Waals surface area contributed by atoms with Gasteiger partial charge in [-0.15, -0.1) is 0 Å². The third-order valence-corrected chi connectivity index (χ3v) is 4.54. The molecule has 1 heterocycles. The Balaban J connectivity index is 1.61. The van der Waals surface area contributed by atoms with Gasteiger partial charge in [-0.05, 0) is 49.2 Å². The van der Waals surface area contributed by atoms with Crippen LogP contribution in [0.5, 0.6) is 5.75 Å². The van der Waals surface area contributed by atoms with Crippen molar-refractivity contribution in [1.82, 2.24) is 0 Å². The zero-order valence-corrected chi connectivity index (χ0v) is 16.3. The third kappa shape index (κ3) is 4.48. The maximum absolute atomic E-state index is 12.6. The van der Waals surface area contributed by atoms with Gasteiger partial charge < -0.3 is 15.0 Å². The van der Waals surface area contributed by atoms with Gasteiger partial charge in [0.2, 0.25) is 5.91 Å². The molecule has 0 unspecified atom stereocenters. The highest BCUT2D eigenvalue weighted by Crippen LogP contribution is 2.33. The second-order valence-corrected chi connectivity index (χ2v) is 7.95. The van der Waals surface area contributed by atoms with Crippen LogP contribution in [-0.2, 0) is 16.0 Å². The van der Waals surface area contributed by atoms with Gasteiger partial charge in [0.1, 0.15) is 5.75 Å². The standard InChI is InChI=1S/C22H26N2O3/c1-15-5-8-18(9-6-15)27-14-20(25)23-17-7-10-19-16(13-17)11-12-24(19)21(26)22(2,3)4/h5-10,13H,11-12,14H2,1-4H3,(H,23,25). The quantitative estimate of drug-likeness (QED) is 0.891. The zero-order chi connectivity index (χ0) is 19.6. The molecule has 0 aromatic heterocycles. The molecule has 2 amide bonds. The van der Waals surface area contributed by atoms with Gasteiger partial charge in [-0.3, -0.25) is 9.59 Å². The number of amides is 2. The van der Waals surface area contributed by atoms with E-state index in [9.17, 15) is 9.59 Å². The normalized spacial score (nSPS) is 13.3. The van der Waals surface area contributed by atoms with Crippen LogP contribution in [0, 0.1) is 12.3 Å². The highest BCUT2D eigenvalue weighted by molar-refractivity contribution is 5.99. The lowest BCUT2D eigenvalue weighted by Gasteiger charge is -2.26. The number of benzene rings is 2. The molecule has 0 radical (unpaired) electrons. The summed E-state index contributed by atoms with van der Waals surface area (Å²) in [5.74, 6) is 0.571. The smallest absolute Gasteiger partial charge is 0.262 e. The predicted octanol–water partition coefficient (Wildman–Crippen LogP) is 3.95. The van der Waals surface area contributed by atoms with Crippen LogP contribution in [0.4, 0.5) is 11.4 Å². The molecule has 0 saturated carbocycles. The van der Waals surface area contributed by atoms with E-state index in [2.05, 4.69) is 5.32 Å². The molecule has 0 fully saturated rings. The first-order valence-corrected chi connectivity index (χ1v) is 9.18. The van der Waals surface area contributed by atoms with Crippen molar-refractivity contribution in [3.8, 4) is 5.75 Å². The van der Waals surface area contributed by atoms with E-state index in [0.29, 0.717) is 12.3 Å². The van der Waals surface area contributed by atoms with Gasteiger partial charge >= 0.3 is 0 Å². The molecule has 0 bridgehead atoms. The van der Waals surface area contributed by atoms with Crippen LogP contribution >= 0.6 is 0 Å². The summed E-state index contributed by atoms with van der Waals surface area (Å²) < 4.78 is 5.51. The minimum atomic E-state index is -0.415. The maximum atomic E-state index is 12.6. The Kier molecular flexibility index (Phi) is 5.22. The Labute approximate surface area is 160 Å². The Morgan fingerprint density at radius 1 is 1.11 bits per heavy atom. The summed E-state index contributed by atoms with van der Waals surface area (Å²) in [6, 6.07) is 13.3. The lowest BCUT2D eigenvalue weighted by molar-refractivity contribution is -0.125. The second-order valence-electron chi connectivity index (χ2n) is 7.95. The number of ether oxygens (including phenoxy) is 1. The van der Waals surface area contributed by atoms with Crippen LogP contribution in [0.25, 0.3) is 0 Å². The number of fused-ring (bicyclic) bond motifs is 1. The van der Waals surface area contributed by atoms with Crippen molar-refractivity contribution < 1.29 is 14.3 Å². The average Bonchev–Trinajstić information content (AvgIpc) is 3.02. The molecule has 1 N–H and O–H groups in total.